The SMILES string of the molecule is Cc1ccc(C)c(-c2c3nc(c(-c4ccccc4)c4ccc([nH]4)c(-c4cc(C)ccc4C)c4nc(c(-c5ccccc5)c5ccc2[nH]5)C=C4)C=C3)c1. The van der Waals surface area contributed by atoms with E-state index >= 15 is 0 Å². The predicted molar refractivity (Wildman–Crippen MR) is 220 cm³/mol. The first-order valence-electron chi connectivity index (χ1n) is 17.8. The second kappa shape index (κ2) is 12.7. The van der Waals surface area contributed by atoms with Gasteiger partial charge in [-0.1, -0.05) is 108 Å². The lowest BCUT2D eigenvalue weighted by Gasteiger charge is -2.10. The van der Waals surface area contributed by atoms with Crippen molar-refractivity contribution < 1.29 is 0 Å². The molecule has 4 heteroatoms. The second-order valence-electron chi connectivity index (χ2n) is 13.9. The summed E-state index contributed by atoms with van der Waals surface area (Å²) in [6.07, 6.45) is 8.65. The molecule has 0 saturated heterocycles. The zero-order chi connectivity index (χ0) is 35.3. The molecule has 0 saturated carbocycles. The van der Waals surface area contributed by atoms with Gasteiger partial charge >= 0.3 is 0 Å². The number of rotatable bonds is 4. The number of benzene rings is 4. The van der Waals surface area contributed by atoms with Crippen molar-refractivity contribution in [3.05, 3.63) is 166 Å². The van der Waals surface area contributed by atoms with Crippen LogP contribution in [-0.4, -0.2) is 19.9 Å². The summed E-state index contributed by atoms with van der Waals surface area (Å²) in [6, 6.07) is 43.2. The Morgan fingerprint density at radius 2 is 0.712 bits per heavy atom. The van der Waals surface area contributed by atoms with E-state index in [0.717, 1.165) is 89.4 Å². The number of aryl methyl sites for hydroxylation is 4. The predicted octanol–water partition coefficient (Wildman–Crippen LogP) is 12.6. The first-order valence-corrected chi connectivity index (χ1v) is 17.8. The summed E-state index contributed by atoms with van der Waals surface area (Å²) in [5.74, 6) is 0. The molecular weight excluding hydrogens is 633 g/mol. The Balaban J connectivity index is 1.50. The Morgan fingerprint density at radius 3 is 1.10 bits per heavy atom. The minimum atomic E-state index is 0.912. The lowest BCUT2D eigenvalue weighted by Crippen LogP contribution is -1.92. The summed E-state index contributed by atoms with van der Waals surface area (Å²) >= 11 is 0. The van der Waals surface area contributed by atoms with E-state index in [0.29, 0.717) is 0 Å². The Labute approximate surface area is 303 Å². The van der Waals surface area contributed by atoms with E-state index in [9.17, 15) is 0 Å². The highest BCUT2D eigenvalue weighted by Crippen LogP contribution is 2.39. The van der Waals surface area contributed by atoms with Crippen LogP contribution in [0.15, 0.2) is 121 Å². The molecule has 8 bridgehead atoms. The minimum absolute atomic E-state index is 0.912. The third-order valence-corrected chi connectivity index (χ3v) is 10.2. The molecule has 2 aliphatic heterocycles. The highest BCUT2D eigenvalue weighted by molar-refractivity contribution is 6.00. The van der Waals surface area contributed by atoms with Crippen LogP contribution >= 0.6 is 0 Å². The van der Waals surface area contributed by atoms with Crippen LogP contribution in [0.2, 0.25) is 0 Å². The number of fused-ring (bicyclic) bond motifs is 8. The van der Waals surface area contributed by atoms with Gasteiger partial charge in [0.2, 0.25) is 0 Å². The van der Waals surface area contributed by atoms with Crippen LogP contribution in [0.5, 0.6) is 0 Å². The number of nitrogens with zero attached hydrogens (tertiary/aromatic N) is 2. The van der Waals surface area contributed by atoms with Gasteiger partial charge in [-0.3, -0.25) is 0 Å². The molecule has 2 aliphatic rings. The number of aromatic amines is 2. The van der Waals surface area contributed by atoms with Gasteiger partial charge in [0, 0.05) is 44.3 Å². The normalized spacial score (nSPS) is 12.1. The van der Waals surface area contributed by atoms with Crippen LogP contribution in [0.25, 0.3) is 90.9 Å². The number of aromatic nitrogens is 4. The first-order chi connectivity index (χ1) is 25.4. The summed E-state index contributed by atoms with van der Waals surface area (Å²) in [4.78, 5) is 18.6. The van der Waals surface area contributed by atoms with Gasteiger partial charge in [-0.25, -0.2) is 9.97 Å². The third kappa shape index (κ3) is 5.50. The Hall–Kier alpha value is -6.52. The van der Waals surface area contributed by atoms with Crippen molar-refractivity contribution in [3.63, 3.8) is 0 Å². The van der Waals surface area contributed by atoms with Crippen LogP contribution in [0.1, 0.15) is 45.0 Å². The fourth-order valence-corrected chi connectivity index (χ4v) is 7.60. The standard InChI is InChI=1S/C48H38N4/c1-29-15-17-31(3)35(27-29)47-41-23-19-37(49-41)45(33-11-7-5-8-12-33)39-21-25-43(51-39)48(36-28-30(2)16-18-32(36)4)44-26-22-40(52-44)46(34-13-9-6-10-14-34)38-20-24-42(47)50-38/h5-28,49,52H,1-4H3. The van der Waals surface area contributed by atoms with Gasteiger partial charge in [0.05, 0.1) is 22.8 Å². The maximum atomic E-state index is 5.44. The van der Waals surface area contributed by atoms with Crippen molar-refractivity contribution >= 4 is 46.4 Å². The van der Waals surface area contributed by atoms with E-state index in [1.165, 1.54) is 22.3 Å². The molecule has 9 rings (SSSR count). The second-order valence-corrected chi connectivity index (χ2v) is 13.9. The molecule has 52 heavy (non-hydrogen) atoms. The van der Waals surface area contributed by atoms with Gasteiger partial charge in [0.1, 0.15) is 0 Å². The van der Waals surface area contributed by atoms with E-state index < -0.39 is 0 Å². The molecule has 5 heterocycles. The minimum Gasteiger partial charge on any atom is -0.354 e. The molecule has 7 aromatic rings. The van der Waals surface area contributed by atoms with Gasteiger partial charge in [-0.05, 0) is 110 Å². The summed E-state index contributed by atoms with van der Waals surface area (Å²) in [5, 5.41) is 0. The van der Waals surface area contributed by atoms with Gasteiger partial charge in [-0.2, -0.15) is 0 Å². The molecule has 3 aromatic heterocycles. The third-order valence-electron chi connectivity index (χ3n) is 10.2. The highest BCUT2D eigenvalue weighted by atomic mass is 14.8. The van der Waals surface area contributed by atoms with Crippen molar-refractivity contribution in [2.75, 3.05) is 0 Å². The maximum absolute atomic E-state index is 5.44. The lowest BCUT2D eigenvalue weighted by atomic mass is 9.97. The van der Waals surface area contributed by atoms with Crippen molar-refractivity contribution in [3.8, 4) is 44.5 Å². The number of H-pyrrole nitrogens is 2. The Morgan fingerprint density at radius 1 is 0.365 bits per heavy atom. The van der Waals surface area contributed by atoms with Crippen molar-refractivity contribution in [2.45, 2.75) is 27.7 Å². The summed E-state index contributed by atoms with van der Waals surface area (Å²) in [7, 11) is 0. The van der Waals surface area contributed by atoms with Crippen LogP contribution < -0.4 is 0 Å². The molecule has 0 aliphatic carbocycles. The molecule has 0 spiro atoms. The van der Waals surface area contributed by atoms with Crippen LogP contribution in [0.3, 0.4) is 0 Å². The van der Waals surface area contributed by atoms with Gasteiger partial charge < -0.3 is 9.97 Å². The largest absolute Gasteiger partial charge is 0.354 e. The molecule has 0 amide bonds. The molecule has 4 nitrogen and oxygen atoms in total. The molecule has 4 aromatic carbocycles. The molecule has 0 atom stereocenters. The summed E-state index contributed by atoms with van der Waals surface area (Å²) < 4.78 is 0. The average Bonchev–Trinajstić information content (AvgIpc) is 4.00. The Bertz CT molecular complexity index is 2570. The maximum Gasteiger partial charge on any atom is 0.0737 e. The van der Waals surface area contributed by atoms with E-state index in [1.807, 2.05) is 0 Å². The number of hydrogen-bond donors (Lipinski definition) is 2. The molecular formula is C48H38N4. The molecule has 0 radical (unpaired) electrons. The topological polar surface area (TPSA) is 57.4 Å². The Kier molecular flexibility index (Phi) is 7.66. The lowest BCUT2D eigenvalue weighted by molar-refractivity contribution is 1.30. The van der Waals surface area contributed by atoms with Crippen molar-refractivity contribution in [1.29, 1.82) is 0 Å². The summed E-state index contributed by atoms with van der Waals surface area (Å²) in [6.45, 7) is 8.65. The van der Waals surface area contributed by atoms with E-state index in [2.05, 4.69) is 183 Å². The monoisotopic (exact) mass is 670 g/mol. The fraction of sp³-hybridized carbons (Fsp3) is 0.0833. The smallest absolute Gasteiger partial charge is 0.0737 e. The van der Waals surface area contributed by atoms with Crippen LogP contribution in [0.4, 0.5) is 0 Å². The zero-order valence-electron chi connectivity index (χ0n) is 29.8. The van der Waals surface area contributed by atoms with Crippen molar-refractivity contribution in [2.24, 2.45) is 0 Å². The number of hydrogen-bond acceptors (Lipinski definition) is 2. The molecule has 2 N–H and O–H groups in total. The average molecular weight is 671 g/mol. The van der Waals surface area contributed by atoms with Gasteiger partial charge in [-0.15, -0.1) is 0 Å². The fourth-order valence-electron chi connectivity index (χ4n) is 7.60. The van der Waals surface area contributed by atoms with Crippen LogP contribution in [-0.2, 0) is 0 Å². The zero-order valence-corrected chi connectivity index (χ0v) is 29.8. The number of nitrogens with one attached hydrogen (secondary N) is 2. The van der Waals surface area contributed by atoms with E-state index in [-0.39, 0.29) is 0 Å². The van der Waals surface area contributed by atoms with E-state index in [1.54, 1.807) is 0 Å². The van der Waals surface area contributed by atoms with Gasteiger partial charge in [0.25, 0.3) is 0 Å². The molecule has 0 fully saturated rings. The molecule has 0 unspecified atom stereocenters. The van der Waals surface area contributed by atoms with Gasteiger partial charge in [0.15, 0.2) is 0 Å². The van der Waals surface area contributed by atoms with Crippen molar-refractivity contribution in [1.82, 2.24) is 19.9 Å². The highest BCUT2D eigenvalue weighted by Gasteiger charge is 2.20. The molecule has 250 valence electrons. The quantitative estimate of drug-likeness (QED) is 0.196. The van der Waals surface area contributed by atoms with E-state index in [4.69, 9.17) is 9.97 Å². The summed E-state index contributed by atoms with van der Waals surface area (Å²) in [5.41, 5.74) is 21.2. The first kappa shape index (κ1) is 31.5. The van der Waals surface area contributed by atoms with Crippen LogP contribution in [0, 0.1) is 27.7 Å².